The monoisotopic (exact) mass is 416 g/mol. The summed E-state index contributed by atoms with van der Waals surface area (Å²) < 4.78 is 9.05. The van der Waals surface area contributed by atoms with Crippen LogP contribution in [0.25, 0.3) is 16.9 Å². The molecule has 0 saturated heterocycles. The molecule has 0 spiro atoms. The average Bonchev–Trinajstić information content (AvgIpc) is 3.46. The van der Waals surface area contributed by atoms with Gasteiger partial charge in [-0.2, -0.15) is 0 Å². The number of carbonyl (C=O) groups excluding carboxylic acids is 1. The van der Waals surface area contributed by atoms with E-state index in [9.17, 15) is 4.79 Å². The average molecular weight is 416 g/mol. The normalized spacial score (nSPS) is 11.8. The van der Waals surface area contributed by atoms with E-state index < -0.39 is 6.04 Å². The summed E-state index contributed by atoms with van der Waals surface area (Å²) in [6.07, 6.45) is 5.45. The molecule has 0 aliphatic heterocycles. The molecule has 0 saturated carbocycles. The van der Waals surface area contributed by atoms with Crippen LogP contribution in [0.1, 0.15) is 24.2 Å². The number of rotatable bonds is 7. The van der Waals surface area contributed by atoms with Crippen molar-refractivity contribution in [3.8, 4) is 22.7 Å². The molecule has 1 amide bonds. The fourth-order valence-corrected chi connectivity index (χ4v) is 3.25. The van der Waals surface area contributed by atoms with Crippen LogP contribution in [0.4, 0.5) is 0 Å². The summed E-state index contributed by atoms with van der Waals surface area (Å²) in [6.45, 7) is 4.20. The second kappa shape index (κ2) is 8.83. The maximum absolute atomic E-state index is 12.5. The molecule has 2 heterocycles. The van der Waals surface area contributed by atoms with Gasteiger partial charge >= 0.3 is 0 Å². The zero-order valence-corrected chi connectivity index (χ0v) is 17.7. The molecule has 1 atom stereocenters. The van der Waals surface area contributed by atoms with E-state index in [0.29, 0.717) is 18.0 Å². The highest BCUT2D eigenvalue weighted by Crippen LogP contribution is 2.29. The standard InChI is InChI=1S/C23H24N6O2/c1-16-13-28(15-25-16)21-10-9-19(11-22(21)31-3)20-14-29(27-26-20)17(2)23(30)24-12-18-7-5-4-6-8-18/h4-11,13-15,17H,12H2,1-3H3,(H,24,30). The number of methoxy groups -OCH3 is 1. The van der Waals surface area contributed by atoms with Gasteiger partial charge < -0.3 is 14.6 Å². The maximum Gasteiger partial charge on any atom is 0.244 e. The van der Waals surface area contributed by atoms with E-state index in [2.05, 4.69) is 20.6 Å². The molecule has 0 radical (unpaired) electrons. The van der Waals surface area contributed by atoms with Crippen LogP contribution in [-0.2, 0) is 11.3 Å². The summed E-state index contributed by atoms with van der Waals surface area (Å²) >= 11 is 0. The Hall–Kier alpha value is -3.94. The minimum absolute atomic E-state index is 0.122. The molecule has 8 heteroatoms. The Morgan fingerprint density at radius 1 is 1.16 bits per heavy atom. The minimum atomic E-state index is -0.486. The summed E-state index contributed by atoms with van der Waals surface area (Å²) in [5, 5.41) is 11.3. The van der Waals surface area contributed by atoms with E-state index >= 15 is 0 Å². The zero-order chi connectivity index (χ0) is 21.8. The first kappa shape index (κ1) is 20.3. The molecule has 0 aliphatic rings. The molecule has 0 bridgehead atoms. The highest BCUT2D eigenvalue weighted by Gasteiger charge is 2.18. The number of ether oxygens (including phenoxy) is 1. The van der Waals surface area contributed by atoms with E-state index in [1.165, 1.54) is 0 Å². The third kappa shape index (κ3) is 4.48. The maximum atomic E-state index is 12.5. The van der Waals surface area contributed by atoms with E-state index in [-0.39, 0.29) is 5.91 Å². The molecule has 31 heavy (non-hydrogen) atoms. The second-order valence-corrected chi connectivity index (χ2v) is 7.27. The molecule has 1 unspecified atom stereocenters. The fraction of sp³-hybridized carbons (Fsp3) is 0.217. The molecule has 0 fully saturated rings. The first-order chi connectivity index (χ1) is 15.0. The van der Waals surface area contributed by atoms with E-state index in [0.717, 1.165) is 22.5 Å². The van der Waals surface area contributed by atoms with Crippen molar-refractivity contribution < 1.29 is 9.53 Å². The van der Waals surface area contributed by atoms with Crippen LogP contribution < -0.4 is 10.1 Å². The van der Waals surface area contributed by atoms with Crippen LogP contribution in [0.2, 0.25) is 0 Å². The third-order valence-electron chi connectivity index (χ3n) is 5.06. The predicted octanol–water partition coefficient (Wildman–Crippen LogP) is 3.33. The molecule has 0 aliphatic carbocycles. The van der Waals surface area contributed by atoms with Crippen LogP contribution in [-0.4, -0.2) is 37.6 Å². The van der Waals surface area contributed by atoms with Gasteiger partial charge in [0.05, 0.1) is 31.0 Å². The van der Waals surface area contributed by atoms with Gasteiger partial charge in [-0.1, -0.05) is 41.6 Å². The molecular formula is C23H24N6O2. The Bertz CT molecular complexity index is 1180. The molecule has 2 aromatic heterocycles. The number of nitrogens with zero attached hydrogens (tertiary/aromatic N) is 5. The highest BCUT2D eigenvalue weighted by atomic mass is 16.5. The van der Waals surface area contributed by atoms with Crippen LogP contribution in [0.3, 0.4) is 0 Å². The second-order valence-electron chi connectivity index (χ2n) is 7.27. The van der Waals surface area contributed by atoms with Crippen molar-refractivity contribution in [1.82, 2.24) is 29.9 Å². The smallest absolute Gasteiger partial charge is 0.244 e. The Morgan fingerprint density at radius 3 is 2.68 bits per heavy atom. The van der Waals surface area contributed by atoms with E-state index in [4.69, 9.17) is 4.74 Å². The van der Waals surface area contributed by atoms with Crippen molar-refractivity contribution in [2.45, 2.75) is 26.4 Å². The summed E-state index contributed by atoms with van der Waals surface area (Å²) in [6, 6.07) is 15.1. The number of hydrogen-bond donors (Lipinski definition) is 1. The Balaban J connectivity index is 1.49. The van der Waals surface area contributed by atoms with Crippen molar-refractivity contribution in [2.75, 3.05) is 7.11 Å². The van der Waals surface area contributed by atoms with E-state index in [1.54, 1.807) is 31.2 Å². The molecule has 4 rings (SSSR count). The zero-order valence-electron chi connectivity index (χ0n) is 17.7. The molecule has 4 aromatic rings. The van der Waals surface area contributed by atoms with Gasteiger partial charge in [-0.3, -0.25) is 4.79 Å². The van der Waals surface area contributed by atoms with Gasteiger partial charge in [-0.25, -0.2) is 9.67 Å². The Kier molecular flexibility index (Phi) is 5.79. The highest BCUT2D eigenvalue weighted by molar-refractivity contribution is 5.79. The SMILES string of the molecule is COc1cc(-c2cn(C(C)C(=O)NCc3ccccc3)nn2)ccc1-n1cnc(C)c1. The molecule has 8 nitrogen and oxygen atoms in total. The number of aromatic nitrogens is 5. The van der Waals surface area contributed by atoms with Crippen LogP contribution in [0.5, 0.6) is 5.75 Å². The van der Waals surface area contributed by atoms with Gasteiger partial charge in [0.25, 0.3) is 0 Å². The lowest BCUT2D eigenvalue weighted by Gasteiger charge is -2.12. The van der Waals surface area contributed by atoms with Crippen molar-refractivity contribution in [1.29, 1.82) is 0 Å². The lowest BCUT2D eigenvalue weighted by Crippen LogP contribution is -2.30. The topological polar surface area (TPSA) is 86.9 Å². The first-order valence-corrected chi connectivity index (χ1v) is 9.98. The lowest BCUT2D eigenvalue weighted by molar-refractivity contribution is -0.124. The van der Waals surface area contributed by atoms with Gasteiger partial charge in [0.1, 0.15) is 17.5 Å². The van der Waals surface area contributed by atoms with Crippen LogP contribution >= 0.6 is 0 Å². The number of benzene rings is 2. The van der Waals surface area contributed by atoms with Gasteiger partial charge in [-0.05, 0) is 31.5 Å². The Morgan fingerprint density at radius 2 is 1.97 bits per heavy atom. The summed E-state index contributed by atoms with van der Waals surface area (Å²) in [5.41, 5.74) is 4.36. The predicted molar refractivity (Wildman–Crippen MR) is 117 cm³/mol. The summed E-state index contributed by atoms with van der Waals surface area (Å²) in [5.74, 6) is 0.571. The lowest BCUT2D eigenvalue weighted by atomic mass is 10.1. The third-order valence-corrected chi connectivity index (χ3v) is 5.06. The molecule has 158 valence electrons. The fourth-order valence-electron chi connectivity index (χ4n) is 3.25. The minimum Gasteiger partial charge on any atom is -0.495 e. The van der Waals surface area contributed by atoms with Crippen molar-refractivity contribution in [2.24, 2.45) is 0 Å². The van der Waals surface area contributed by atoms with Gasteiger partial charge in [0.2, 0.25) is 5.91 Å². The van der Waals surface area contributed by atoms with Gasteiger partial charge in [0.15, 0.2) is 0 Å². The van der Waals surface area contributed by atoms with Crippen molar-refractivity contribution >= 4 is 5.91 Å². The van der Waals surface area contributed by atoms with Gasteiger partial charge in [0, 0.05) is 18.3 Å². The number of hydrogen-bond acceptors (Lipinski definition) is 5. The van der Waals surface area contributed by atoms with E-state index in [1.807, 2.05) is 66.2 Å². The number of amides is 1. The van der Waals surface area contributed by atoms with Gasteiger partial charge in [-0.15, -0.1) is 5.10 Å². The molecule has 1 N–H and O–H groups in total. The first-order valence-electron chi connectivity index (χ1n) is 9.98. The van der Waals surface area contributed by atoms with Crippen molar-refractivity contribution in [3.63, 3.8) is 0 Å². The molecule has 2 aromatic carbocycles. The summed E-state index contributed by atoms with van der Waals surface area (Å²) in [4.78, 5) is 16.8. The number of carbonyl (C=O) groups is 1. The molecular weight excluding hydrogens is 392 g/mol. The van der Waals surface area contributed by atoms with Crippen molar-refractivity contribution in [3.05, 3.63) is 78.5 Å². The Labute approximate surface area is 180 Å². The number of imidazole rings is 1. The quantitative estimate of drug-likeness (QED) is 0.499. The largest absolute Gasteiger partial charge is 0.495 e. The summed E-state index contributed by atoms with van der Waals surface area (Å²) in [7, 11) is 1.63. The van der Waals surface area contributed by atoms with Crippen LogP contribution in [0, 0.1) is 6.92 Å². The number of nitrogens with one attached hydrogen (secondary N) is 1. The number of aryl methyl sites for hydroxylation is 1. The van der Waals surface area contributed by atoms with Crippen LogP contribution in [0.15, 0.2) is 67.3 Å².